The third-order valence-corrected chi connectivity index (χ3v) is 4.65. The second-order valence-electron chi connectivity index (χ2n) is 4.70. The van der Waals surface area contributed by atoms with Crippen LogP contribution >= 0.6 is 0 Å². The summed E-state index contributed by atoms with van der Waals surface area (Å²) in [6.07, 6.45) is 0. The maximum Gasteiger partial charge on any atom is 0.338 e. The molecule has 2 N–H and O–H groups in total. The van der Waals surface area contributed by atoms with Crippen molar-refractivity contribution >= 4 is 16.0 Å². The highest BCUT2D eigenvalue weighted by molar-refractivity contribution is 7.89. The zero-order chi connectivity index (χ0) is 16.3. The van der Waals surface area contributed by atoms with Gasteiger partial charge in [0.15, 0.2) is 0 Å². The normalized spacial score (nSPS) is 12.8. The van der Waals surface area contributed by atoms with Crippen molar-refractivity contribution in [2.75, 3.05) is 0 Å². The van der Waals surface area contributed by atoms with Gasteiger partial charge in [-0.25, -0.2) is 22.3 Å². The van der Waals surface area contributed by atoms with E-state index in [0.29, 0.717) is 0 Å². The van der Waals surface area contributed by atoms with Gasteiger partial charge in [0.2, 0.25) is 10.0 Å². The fourth-order valence-corrected chi connectivity index (χ4v) is 3.20. The van der Waals surface area contributed by atoms with Crippen LogP contribution in [0.2, 0.25) is 0 Å². The lowest BCUT2D eigenvalue weighted by Gasteiger charge is -2.15. The zero-order valence-electron chi connectivity index (χ0n) is 11.7. The molecule has 0 aliphatic rings. The number of benzene rings is 2. The Balaban J connectivity index is 2.31. The molecule has 7 heteroatoms. The molecular formula is C15H14FNO4S. The summed E-state index contributed by atoms with van der Waals surface area (Å²) in [7, 11) is -3.96. The number of carboxylic acid groups (broad SMARTS) is 1. The van der Waals surface area contributed by atoms with E-state index in [2.05, 4.69) is 4.72 Å². The average molecular weight is 323 g/mol. The number of sulfonamides is 1. The van der Waals surface area contributed by atoms with Crippen molar-refractivity contribution in [2.45, 2.75) is 17.9 Å². The number of hydrogen-bond donors (Lipinski definition) is 2. The second kappa shape index (κ2) is 6.25. The molecule has 0 bridgehead atoms. The molecule has 0 fully saturated rings. The van der Waals surface area contributed by atoms with E-state index in [-0.39, 0.29) is 4.90 Å². The Labute approximate surface area is 127 Å². The number of carboxylic acids is 1. The topological polar surface area (TPSA) is 83.5 Å². The molecule has 116 valence electrons. The van der Waals surface area contributed by atoms with Crippen LogP contribution in [-0.4, -0.2) is 19.5 Å². The average Bonchev–Trinajstić information content (AvgIpc) is 2.47. The molecule has 0 saturated carbocycles. The summed E-state index contributed by atoms with van der Waals surface area (Å²) in [4.78, 5) is 10.6. The number of nitrogens with one attached hydrogen (secondary N) is 1. The highest BCUT2D eigenvalue weighted by atomic mass is 32.2. The van der Waals surface area contributed by atoms with E-state index in [4.69, 9.17) is 5.11 Å². The summed E-state index contributed by atoms with van der Waals surface area (Å²) < 4.78 is 40.3. The van der Waals surface area contributed by atoms with Crippen molar-refractivity contribution in [2.24, 2.45) is 0 Å². The molecule has 1 unspecified atom stereocenters. The zero-order valence-corrected chi connectivity index (χ0v) is 12.5. The van der Waals surface area contributed by atoms with E-state index in [1.807, 2.05) is 6.07 Å². The highest BCUT2D eigenvalue weighted by Crippen LogP contribution is 2.19. The van der Waals surface area contributed by atoms with Crippen LogP contribution in [0.25, 0.3) is 0 Å². The van der Waals surface area contributed by atoms with Crippen LogP contribution in [0.4, 0.5) is 4.39 Å². The molecule has 5 nitrogen and oxygen atoms in total. The predicted molar refractivity (Wildman–Crippen MR) is 78.5 cm³/mol. The van der Waals surface area contributed by atoms with Gasteiger partial charge in [-0.1, -0.05) is 30.3 Å². The van der Waals surface area contributed by atoms with Crippen LogP contribution in [0.1, 0.15) is 28.9 Å². The van der Waals surface area contributed by atoms with E-state index in [0.717, 1.165) is 23.8 Å². The molecule has 2 aromatic rings. The van der Waals surface area contributed by atoms with Crippen LogP contribution in [0, 0.1) is 5.82 Å². The SMILES string of the molecule is CC(NS(=O)(=O)c1ccc(F)c(C(=O)O)c1)c1ccccc1. The van der Waals surface area contributed by atoms with Crippen molar-refractivity contribution in [1.29, 1.82) is 0 Å². The fraction of sp³-hybridized carbons (Fsp3) is 0.133. The Morgan fingerprint density at radius 2 is 1.82 bits per heavy atom. The van der Waals surface area contributed by atoms with Crippen LogP contribution in [0.5, 0.6) is 0 Å². The Kier molecular flexibility index (Phi) is 4.58. The Morgan fingerprint density at radius 1 is 1.18 bits per heavy atom. The van der Waals surface area contributed by atoms with Gasteiger partial charge in [-0.3, -0.25) is 0 Å². The monoisotopic (exact) mass is 323 g/mol. The Bertz CT molecular complexity index is 790. The molecule has 0 aliphatic heterocycles. The van der Waals surface area contributed by atoms with E-state index >= 15 is 0 Å². The van der Waals surface area contributed by atoms with Crippen LogP contribution in [-0.2, 0) is 10.0 Å². The first kappa shape index (κ1) is 16.1. The van der Waals surface area contributed by atoms with Crippen LogP contribution in [0.3, 0.4) is 0 Å². The van der Waals surface area contributed by atoms with Gasteiger partial charge >= 0.3 is 5.97 Å². The van der Waals surface area contributed by atoms with Gasteiger partial charge in [0.05, 0.1) is 10.5 Å². The Morgan fingerprint density at radius 3 is 2.41 bits per heavy atom. The number of halogens is 1. The molecule has 0 aliphatic carbocycles. The highest BCUT2D eigenvalue weighted by Gasteiger charge is 2.21. The first-order valence-corrected chi connectivity index (χ1v) is 7.89. The first-order valence-electron chi connectivity index (χ1n) is 6.41. The molecule has 0 saturated heterocycles. The second-order valence-corrected chi connectivity index (χ2v) is 6.41. The van der Waals surface area contributed by atoms with Crippen molar-refractivity contribution < 1.29 is 22.7 Å². The number of aromatic carboxylic acids is 1. The Hall–Kier alpha value is -2.25. The molecule has 0 aromatic heterocycles. The number of hydrogen-bond acceptors (Lipinski definition) is 3. The lowest BCUT2D eigenvalue weighted by Crippen LogP contribution is -2.27. The molecule has 0 radical (unpaired) electrons. The van der Waals surface area contributed by atoms with Gasteiger partial charge in [0, 0.05) is 6.04 Å². The van der Waals surface area contributed by atoms with Gasteiger partial charge < -0.3 is 5.11 Å². The van der Waals surface area contributed by atoms with Crippen LogP contribution in [0.15, 0.2) is 53.4 Å². The van der Waals surface area contributed by atoms with E-state index in [1.165, 1.54) is 0 Å². The third-order valence-electron chi connectivity index (χ3n) is 3.11. The first-order chi connectivity index (χ1) is 10.3. The van der Waals surface area contributed by atoms with E-state index < -0.39 is 33.4 Å². The van der Waals surface area contributed by atoms with Crippen molar-refractivity contribution in [3.8, 4) is 0 Å². The van der Waals surface area contributed by atoms with Gasteiger partial charge in [-0.15, -0.1) is 0 Å². The third kappa shape index (κ3) is 3.49. The summed E-state index contributed by atoms with van der Waals surface area (Å²) in [6, 6.07) is 11.0. The number of rotatable bonds is 5. The molecule has 2 aromatic carbocycles. The molecule has 2 rings (SSSR count). The standard InChI is InChI=1S/C15H14FNO4S/c1-10(11-5-3-2-4-6-11)17-22(20,21)12-7-8-14(16)13(9-12)15(18)19/h2-10,17H,1H3,(H,18,19). The van der Waals surface area contributed by atoms with Gasteiger partial charge in [0.25, 0.3) is 0 Å². The van der Waals surface area contributed by atoms with Gasteiger partial charge in [-0.2, -0.15) is 0 Å². The van der Waals surface area contributed by atoms with Crippen molar-refractivity contribution in [3.63, 3.8) is 0 Å². The van der Waals surface area contributed by atoms with Crippen molar-refractivity contribution in [3.05, 3.63) is 65.5 Å². The summed E-state index contributed by atoms with van der Waals surface area (Å²) in [5.74, 6) is -2.51. The van der Waals surface area contributed by atoms with Crippen molar-refractivity contribution in [1.82, 2.24) is 4.72 Å². The minimum Gasteiger partial charge on any atom is -0.478 e. The maximum atomic E-state index is 13.3. The minimum absolute atomic E-state index is 0.297. The lowest BCUT2D eigenvalue weighted by molar-refractivity contribution is 0.0691. The van der Waals surface area contributed by atoms with Crippen LogP contribution < -0.4 is 4.72 Å². The summed E-state index contributed by atoms with van der Waals surface area (Å²) in [5, 5.41) is 8.86. The van der Waals surface area contributed by atoms with E-state index in [9.17, 15) is 17.6 Å². The summed E-state index contributed by atoms with van der Waals surface area (Å²) in [5.41, 5.74) is 0.0712. The smallest absolute Gasteiger partial charge is 0.338 e. The fourth-order valence-electron chi connectivity index (χ4n) is 1.95. The summed E-state index contributed by atoms with van der Waals surface area (Å²) >= 11 is 0. The molecule has 1 atom stereocenters. The predicted octanol–water partition coefficient (Wildman–Crippen LogP) is 2.56. The molecule has 0 spiro atoms. The largest absolute Gasteiger partial charge is 0.478 e. The molecule has 22 heavy (non-hydrogen) atoms. The maximum absolute atomic E-state index is 13.3. The number of carbonyl (C=O) groups is 1. The summed E-state index contributed by atoms with van der Waals surface area (Å²) in [6.45, 7) is 1.66. The molecule has 0 heterocycles. The minimum atomic E-state index is -3.96. The lowest BCUT2D eigenvalue weighted by atomic mass is 10.1. The van der Waals surface area contributed by atoms with Gasteiger partial charge in [0.1, 0.15) is 5.82 Å². The van der Waals surface area contributed by atoms with E-state index in [1.54, 1.807) is 31.2 Å². The molecular weight excluding hydrogens is 309 g/mol. The quantitative estimate of drug-likeness (QED) is 0.886. The molecule has 0 amide bonds. The van der Waals surface area contributed by atoms with Gasteiger partial charge in [-0.05, 0) is 30.7 Å².